The standard InChI is InChI=1S/C27H34N4O4S2/c1-20-9-11-22(12-10-20)37(33,34)31-15-4-7-23(31)26(32)30(14-5-13-29-16-18-35-19-17-29)27-28-25-21(2)6-3-8-24(25)36-27/h3,6,8-12,23H,4-5,7,13-19H2,1-2H3. The Morgan fingerprint density at radius 1 is 1.11 bits per heavy atom. The van der Waals surface area contributed by atoms with Gasteiger partial charge in [-0.3, -0.25) is 14.6 Å². The molecule has 0 N–H and O–H groups in total. The largest absolute Gasteiger partial charge is 0.379 e. The average Bonchev–Trinajstić information content (AvgIpc) is 3.56. The highest BCUT2D eigenvalue weighted by Crippen LogP contribution is 2.34. The number of carbonyl (C=O) groups excluding carboxylic acids is 1. The van der Waals surface area contributed by atoms with Gasteiger partial charge in [-0.25, -0.2) is 13.4 Å². The molecule has 2 saturated heterocycles. The number of thiazole rings is 1. The van der Waals surface area contributed by atoms with E-state index < -0.39 is 16.1 Å². The van der Waals surface area contributed by atoms with Crippen LogP contribution < -0.4 is 4.90 Å². The van der Waals surface area contributed by atoms with Crippen LogP contribution in [-0.4, -0.2) is 80.5 Å². The molecule has 2 aliphatic rings. The maximum absolute atomic E-state index is 14.1. The number of nitrogens with zero attached hydrogens (tertiary/aromatic N) is 4. The predicted molar refractivity (Wildman–Crippen MR) is 147 cm³/mol. The monoisotopic (exact) mass is 542 g/mol. The number of aromatic nitrogens is 1. The smallest absolute Gasteiger partial charge is 0.247 e. The Bertz CT molecular complexity index is 1350. The van der Waals surface area contributed by atoms with Crippen molar-refractivity contribution in [3.63, 3.8) is 0 Å². The van der Waals surface area contributed by atoms with Gasteiger partial charge in [0.05, 0.1) is 28.3 Å². The van der Waals surface area contributed by atoms with E-state index in [9.17, 15) is 13.2 Å². The van der Waals surface area contributed by atoms with E-state index in [4.69, 9.17) is 9.72 Å². The first-order valence-corrected chi connectivity index (χ1v) is 15.2. The topological polar surface area (TPSA) is 83.1 Å². The van der Waals surface area contributed by atoms with Crippen molar-refractivity contribution in [1.29, 1.82) is 0 Å². The lowest BCUT2D eigenvalue weighted by atomic mass is 10.2. The molecule has 1 aromatic heterocycles. The Labute approximate surface area is 222 Å². The molecule has 5 rings (SSSR count). The molecule has 0 aliphatic carbocycles. The van der Waals surface area contributed by atoms with E-state index in [1.54, 1.807) is 29.2 Å². The maximum Gasteiger partial charge on any atom is 0.247 e. The number of fused-ring (bicyclic) bond motifs is 1. The zero-order chi connectivity index (χ0) is 26.0. The van der Waals surface area contributed by atoms with Crippen LogP contribution in [0.25, 0.3) is 10.2 Å². The summed E-state index contributed by atoms with van der Waals surface area (Å²) in [6, 6.07) is 12.1. The SMILES string of the molecule is Cc1ccc(S(=O)(=O)N2CCCC2C(=O)N(CCCN2CCOCC2)c2nc3c(C)cccc3s2)cc1. The highest BCUT2D eigenvalue weighted by molar-refractivity contribution is 7.89. The van der Waals surface area contributed by atoms with E-state index >= 15 is 0 Å². The average molecular weight is 543 g/mol. The van der Waals surface area contributed by atoms with E-state index in [1.165, 1.54) is 15.6 Å². The normalized spacial score (nSPS) is 19.5. The van der Waals surface area contributed by atoms with Crippen LogP contribution in [-0.2, 0) is 19.6 Å². The number of amides is 1. The summed E-state index contributed by atoms with van der Waals surface area (Å²) in [5.74, 6) is -0.188. The lowest BCUT2D eigenvalue weighted by Crippen LogP contribution is -2.48. The third kappa shape index (κ3) is 5.58. The Morgan fingerprint density at radius 2 is 1.86 bits per heavy atom. The van der Waals surface area contributed by atoms with E-state index in [2.05, 4.69) is 4.90 Å². The van der Waals surface area contributed by atoms with Gasteiger partial charge in [0.15, 0.2) is 5.13 Å². The van der Waals surface area contributed by atoms with Gasteiger partial charge in [-0.1, -0.05) is 41.2 Å². The van der Waals surface area contributed by atoms with E-state index in [0.717, 1.165) is 60.6 Å². The first kappa shape index (κ1) is 26.2. The van der Waals surface area contributed by atoms with E-state index in [0.29, 0.717) is 31.1 Å². The van der Waals surface area contributed by atoms with Gasteiger partial charge < -0.3 is 4.74 Å². The molecule has 1 unspecified atom stereocenters. The quantitative estimate of drug-likeness (QED) is 0.430. The molecule has 0 radical (unpaired) electrons. The summed E-state index contributed by atoms with van der Waals surface area (Å²) in [6.45, 7) is 8.86. The summed E-state index contributed by atoms with van der Waals surface area (Å²) in [4.78, 5) is 23.2. The number of ether oxygens (including phenoxy) is 1. The third-order valence-corrected chi connectivity index (χ3v) is 10.1. The molecule has 10 heteroatoms. The van der Waals surface area contributed by atoms with Crippen molar-refractivity contribution >= 4 is 42.6 Å². The molecular weight excluding hydrogens is 508 g/mol. The lowest BCUT2D eigenvalue weighted by molar-refractivity contribution is -0.121. The minimum absolute atomic E-state index is 0.188. The van der Waals surface area contributed by atoms with Gasteiger partial charge in [0.2, 0.25) is 15.9 Å². The van der Waals surface area contributed by atoms with Crippen molar-refractivity contribution in [3.05, 3.63) is 53.6 Å². The zero-order valence-electron chi connectivity index (χ0n) is 21.4. The molecule has 1 atom stereocenters. The fourth-order valence-electron chi connectivity index (χ4n) is 5.07. The third-order valence-electron chi connectivity index (χ3n) is 7.18. The molecule has 37 heavy (non-hydrogen) atoms. The van der Waals surface area contributed by atoms with E-state index in [1.807, 2.05) is 32.0 Å². The first-order chi connectivity index (χ1) is 17.8. The molecule has 2 aromatic carbocycles. The summed E-state index contributed by atoms with van der Waals surface area (Å²) in [5.41, 5.74) is 2.94. The van der Waals surface area contributed by atoms with Gasteiger partial charge in [0.1, 0.15) is 6.04 Å². The van der Waals surface area contributed by atoms with Gasteiger partial charge in [0.25, 0.3) is 0 Å². The second-order valence-corrected chi connectivity index (χ2v) is 12.7. The highest BCUT2D eigenvalue weighted by atomic mass is 32.2. The summed E-state index contributed by atoms with van der Waals surface area (Å²) >= 11 is 1.49. The van der Waals surface area contributed by atoms with Crippen molar-refractivity contribution in [2.45, 2.75) is 44.0 Å². The molecule has 198 valence electrons. The van der Waals surface area contributed by atoms with Gasteiger partial charge >= 0.3 is 0 Å². The van der Waals surface area contributed by atoms with Crippen LogP contribution in [0.2, 0.25) is 0 Å². The minimum Gasteiger partial charge on any atom is -0.379 e. The summed E-state index contributed by atoms with van der Waals surface area (Å²) in [7, 11) is -3.79. The molecule has 3 aromatic rings. The Hall–Kier alpha value is -2.37. The zero-order valence-corrected chi connectivity index (χ0v) is 23.1. The fourth-order valence-corrected chi connectivity index (χ4v) is 7.79. The van der Waals surface area contributed by atoms with Crippen LogP contribution in [0.5, 0.6) is 0 Å². The number of aryl methyl sites for hydroxylation is 2. The van der Waals surface area contributed by atoms with Crippen molar-refractivity contribution in [1.82, 2.24) is 14.2 Å². The molecule has 2 fully saturated rings. The van der Waals surface area contributed by atoms with Crippen molar-refractivity contribution in [2.24, 2.45) is 0 Å². The number of benzene rings is 2. The van der Waals surface area contributed by atoms with E-state index in [-0.39, 0.29) is 10.8 Å². The van der Waals surface area contributed by atoms with Crippen LogP contribution in [0.4, 0.5) is 5.13 Å². The predicted octanol–water partition coefficient (Wildman–Crippen LogP) is 3.82. The molecule has 1 amide bonds. The summed E-state index contributed by atoms with van der Waals surface area (Å²) in [6.07, 6.45) is 1.94. The number of carbonyl (C=O) groups is 1. The molecule has 0 bridgehead atoms. The molecule has 0 saturated carbocycles. The van der Waals surface area contributed by atoms with Gasteiger partial charge in [0, 0.05) is 32.7 Å². The highest BCUT2D eigenvalue weighted by Gasteiger charge is 2.42. The van der Waals surface area contributed by atoms with Gasteiger partial charge in [-0.2, -0.15) is 4.31 Å². The number of hydrogen-bond acceptors (Lipinski definition) is 7. The van der Waals surface area contributed by atoms with Crippen LogP contribution in [0.3, 0.4) is 0 Å². The minimum atomic E-state index is -3.79. The van der Waals surface area contributed by atoms with Crippen LogP contribution >= 0.6 is 11.3 Å². The number of para-hydroxylation sites is 1. The first-order valence-electron chi connectivity index (χ1n) is 12.9. The number of hydrogen-bond donors (Lipinski definition) is 0. The lowest BCUT2D eigenvalue weighted by Gasteiger charge is -2.30. The van der Waals surface area contributed by atoms with Crippen molar-refractivity contribution < 1.29 is 17.9 Å². The van der Waals surface area contributed by atoms with Crippen molar-refractivity contribution in [2.75, 3.05) is 50.8 Å². The molecule has 8 nitrogen and oxygen atoms in total. The summed E-state index contributed by atoms with van der Waals surface area (Å²) < 4.78 is 35.0. The van der Waals surface area contributed by atoms with Crippen LogP contribution in [0.15, 0.2) is 47.4 Å². The second kappa shape index (κ2) is 11.2. The fraction of sp³-hybridized carbons (Fsp3) is 0.481. The Balaban J connectivity index is 1.42. The number of morpholine rings is 1. The number of anilines is 1. The van der Waals surface area contributed by atoms with Gasteiger partial charge in [-0.15, -0.1) is 0 Å². The number of sulfonamides is 1. The summed E-state index contributed by atoms with van der Waals surface area (Å²) in [5, 5.41) is 0.635. The van der Waals surface area contributed by atoms with Crippen LogP contribution in [0, 0.1) is 13.8 Å². The molecule has 2 aliphatic heterocycles. The molecule has 0 spiro atoms. The molecular formula is C27H34N4O4S2. The Morgan fingerprint density at radius 3 is 2.59 bits per heavy atom. The van der Waals surface area contributed by atoms with Crippen molar-refractivity contribution in [3.8, 4) is 0 Å². The molecule has 3 heterocycles. The maximum atomic E-state index is 14.1. The second-order valence-electron chi connectivity index (χ2n) is 9.80. The van der Waals surface area contributed by atoms with Crippen LogP contribution in [0.1, 0.15) is 30.4 Å². The number of rotatable bonds is 8. The Kier molecular flexibility index (Phi) is 7.92. The van der Waals surface area contributed by atoms with Gasteiger partial charge in [-0.05, 0) is 56.9 Å².